The molecule has 2 heterocycles. The van der Waals surface area contributed by atoms with E-state index in [0.717, 1.165) is 5.56 Å². The predicted octanol–water partition coefficient (Wildman–Crippen LogP) is 2.74. The first kappa shape index (κ1) is 18.2. The van der Waals surface area contributed by atoms with Crippen LogP contribution in [0.25, 0.3) is 0 Å². The van der Waals surface area contributed by atoms with Crippen molar-refractivity contribution in [1.29, 1.82) is 0 Å². The number of amides is 2. The van der Waals surface area contributed by atoms with Gasteiger partial charge in [0.2, 0.25) is 5.88 Å². The lowest BCUT2D eigenvalue weighted by Crippen LogP contribution is -2.37. The maximum absolute atomic E-state index is 11.9. The first-order chi connectivity index (χ1) is 13.1. The van der Waals surface area contributed by atoms with Gasteiger partial charge in [0.1, 0.15) is 5.75 Å². The Hall–Kier alpha value is -3.61. The molecule has 2 aromatic heterocycles. The maximum Gasteiger partial charge on any atom is 0.313 e. The molecule has 0 atom stereocenters. The number of carbonyl (C=O) groups excluding carboxylic acids is 2. The third-order valence-corrected chi connectivity index (χ3v) is 3.77. The van der Waals surface area contributed by atoms with Gasteiger partial charge in [-0.2, -0.15) is 0 Å². The summed E-state index contributed by atoms with van der Waals surface area (Å²) in [6.45, 7) is 2.96. The minimum atomic E-state index is -0.739. The summed E-state index contributed by atoms with van der Waals surface area (Å²) in [6, 6.07) is 14.6. The van der Waals surface area contributed by atoms with E-state index in [2.05, 4.69) is 15.6 Å². The van der Waals surface area contributed by atoms with Gasteiger partial charge in [0.15, 0.2) is 0 Å². The van der Waals surface area contributed by atoms with Crippen molar-refractivity contribution < 1.29 is 14.3 Å². The molecule has 0 aliphatic rings. The molecular formula is C20H20N4O3. The van der Waals surface area contributed by atoms with Crippen molar-refractivity contribution in [1.82, 2.24) is 14.9 Å². The average molecular weight is 364 g/mol. The van der Waals surface area contributed by atoms with Gasteiger partial charge in [-0.05, 0) is 37.3 Å². The molecule has 0 radical (unpaired) electrons. The fourth-order valence-electron chi connectivity index (χ4n) is 2.33. The summed E-state index contributed by atoms with van der Waals surface area (Å²) in [5, 5.41) is 5.08. The standard InChI is InChI=1S/C20H20N4O3/c1-15-4-7-17(8-5-15)27-18-9-6-16(14-22-18)23-20(26)19(25)21-10-13-24-11-2-3-12-24/h2-9,11-12,14H,10,13H2,1H3,(H,21,25)(H,23,26). The van der Waals surface area contributed by atoms with Crippen LogP contribution in [0.1, 0.15) is 5.56 Å². The van der Waals surface area contributed by atoms with E-state index in [1.807, 2.05) is 60.3 Å². The molecule has 27 heavy (non-hydrogen) atoms. The number of carbonyl (C=O) groups is 2. The molecule has 2 N–H and O–H groups in total. The van der Waals surface area contributed by atoms with Gasteiger partial charge in [0, 0.05) is 31.5 Å². The number of hydrogen-bond donors (Lipinski definition) is 2. The highest BCUT2D eigenvalue weighted by Crippen LogP contribution is 2.20. The minimum Gasteiger partial charge on any atom is -0.439 e. The number of pyridine rings is 1. The van der Waals surface area contributed by atoms with E-state index >= 15 is 0 Å². The second-order valence-electron chi connectivity index (χ2n) is 5.93. The molecule has 3 aromatic rings. The zero-order valence-corrected chi connectivity index (χ0v) is 14.9. The Morgan fingerprint density at radius 3 is 2.44 bits per heavy atom. The van der Waals surface area contributed by atoms with Crippen LogP contribution in [0.4, 0.5) is 5.69 Å². The molecule has 0 saturated carbocycles. The Kier molecular flexibility index (Phi) is 5.84. The Balaban J connectivity index is 1.47. The van der Waals surface area contributed by atoms with Crippen molar-refractivity contribution in [2.75, 3.05) is 11.9 Å². The number of benzene rings is 1. The Morgan fingerprint density at radius 2 is 1.78 bits per heavy atom. The second kappa shape index (κ2) is 8.66. The zero-order valence-electron chi connectivity index (χ0n) is 14.9. The molecule has 1 aromatic carbocycles. The lowest BCUT2D eigenvalue weighted by atomic mass is 10.2. The molecule has 0 aliphatic heterocycles. The lowest BCUT2D eigenvalue weighted by Gasteiger charge is -2.08. The van der Waals surface area contributed by atoms with Gasteiger partial charge >= 0.3 is 11.8 Å². The molecule has 0 saturated heterocycles. The van der Waals surface area contributed by atoms with Crippen molar-refractivity contribution in [3.05, 3.63) is 72.7 Å². The van der Waals surface area contributed by atoms with Gasteiger partial charge < -0.3 is 19.9 Å². The van der Waals surface area contributed by atoms with Crippen molar-refractivity contribution in [3.8, 4) is 11.6 Å². The molecule has 0 spiro atoms. The summed E-state index contributed by atoms with van der Waals surface area (Å²) in [5.74, 6) is -0.362. The molecule has 138 valence electrons. The number of ether oxygens (including phenoxy) is 1. The van der Waals surface area contributed by atoms with E-state index in [1.165, 1.54) is 6.20 Å². The van der Waals surface area contributed by atoms with Crippen LogP contribution in [-0.4, -0.2) is 27.9 Å². The van der Waals surface area contributed by atoms with E-state index < -0.39 is 11.8 Å². The molecule has 7 nitrogen and oxygen atoms in total. The van der Waals surface area contributed by atoms with Crippen LogP contribution >= 0.6 is 0 Å². The van der Waals surface area contributed by atoms with Crippen molar-refractivity contribution in [2.24, 2.45) is 0 Å². The fraction of sp³-hybridized carbons (Fsp3) is 0.150. The fourth-order valence-corrected chi connectivity index (χ4v) is 2.33. The van der Waals surface area contributed by atoms with Crippen LogP contribution in [0.3, 0.4) is 0 Å². The summed E-state index contributed by atoms with van der Waals surface area (Å²) in [7, 11) is 0. The molecule has 7 heteroatoms. The number of nitrogens with one attached hydrogen (secondary N) is 2. The molecular weight excluding hydrogens is 344 g/mol. The highest BCUT2D eigenvalue weighted by Gasteiger charge is 2.13. The van der Waals surface area contributed by atoms with Gasteiger partial charge in [-0.1, -0.05) is 17.7 Å². The number of aromatic nitrogens is 2. The van der Waals surface area contributed by atoms with E-state index in [-0.39, 0.29) is 0 Å². The smallest absolute Gasteiger partial charge is 0.313 e. The predicted molar refractivity (Wildman–Crippen MR) is 102 cm³/mol. The highest BCUT2D eigenvalue weighted by atomic mass is 16.5. The monoisotopic (exact) mass is 364 g/mol. The van der Waals surface area contributed by atoms with Crippen LogP contribution in [0.5, 0.6) is 11.6 Å². The van der Waals surface area contributed by atoms with E-state index in [1.54, 1.807) is 12.1 Å². The zero-order chi connectivity index (χ0) is 19.1. The van der Waals surface area contributed by atoms with Crippen LogP contribution in [0.15, 0.2) is 67.1 Å². The first-order valence-corrected chi connectivity index (χ1v) is 8.51. The summed E-state index contributed by atoms with van der Waals surface area (Å²) < 4.78 is 7.54. The number of anilines is 1. The number of rotatable bonds is 6. The largest absolute Gasteiger partial charge is 0.439 e. The average Bonchev–Trinajstić information content (AvgIpc) is 3.18. The molecule has 0 fully saturated rings. The molecule has 0 unspecified atom stereocenters. The van der Waals surface area contributed by atoms with E-state index in [4.69, 9.17) is 4.74 Å². The molecule has 2 amide bonds. The minimum absolute atomic E-state index is 0.364. The van der Waals surface area contributed by atoms with Crippen molar-refractivity contribution >= 4 is 17.5 Å². The van der Waals surface area contributed by atoms with Gasteiger partial charge in [0.25, 0.3) is 0 Å². The first-order valence-electron chi connectivity index (χ1n) is 8.51. The quantitative estimate of drug-likeness (QED) is 0.659. The summed E-state index contributed by atoms with van der Waals surface area (Å²) in [5.41, 5.74) is 1.55. The second-order valence-corrected chi connectivity index (χ2v) is 5.93. The summed E-state index contributed by atoms with van der Waals surface area (Å²) >= 11 is 0. The van der Waals surface area contributed by atoms with Crippen LogP contribution in [-0.2, 0) is 16.1 Å². The van der Waals surface area contributed by atoms with Gasteiger partial charge in [-0.15, -0.1) is 0 Å². The van der Waals surface area contributed by atoms with Crippen molar-refractivity contribution in [3.63, 3.8) is 0 Å². The number of aryl methyl sites for hydroxylation is 1. The van der Waals surface area contributed by atoms with Crippen molar-refractivity contribution in [2.45, 2.75) is 13.5 Å². The van der Waals surface area contributed by atoms with Gasteiger partial charge in [-0.3, -0.25) is 9.59 Å². The molecule has 3 rings (SSSR count). The third kappa shape index (κ3) is 5.43. The summed E-state index contributed by atoms with van der Waals surface area (Å²) in [6.07, 6.45) is 5.21. The van der Waals surface area contributed by atoms with E-state index in [0.29, 0.717) is 30.4 Å². The van der Waals surface area contributed by atoms with Crippen LogP contribution < -0.4 is 15.4 Å². The maximum atomic E-state index is 11.9. The lowest BCUT2D eigenvalue weighted by molar-refractivity contribution is -0.136. The Morgan fingerprint density at radius 1 is 1.04 bits per heavy atom. The third-order valence-electron chi connectivity index (χ3n) is 3.77. The van der Waals surface area contributed by atoms with Crippen LogP contribution in [0, 0.1) is 6.92 Å². The van der Waals surface area contributed by atoms with Gasteiger partial charge in [0.05, 0.1) is 11.9 Å². The number of hydrogen-bond acceptors (Lipinski definition) is 4. The number of nitrogens with zero attached hydrogens (tertiary/aromatic N) is 2. The topological polar surface area (TPSA) is 85.2 Å². The van der Waals surface area contributed by atoms with Crippen LogP contribution in [0.2, 0.25) is 0 Å². The molecule has 0 aliphatic carbocycles. The Bertz CT molecular complexity index is 888. The Labute approximate surface area is 157 Å². The van der Waals surface area contributed by atoms with Gasteiger partial charge in [-0.25, -0.2) is 4.98 Å². The normalized spacial score (nSPS) is 10.3. The highest BCUT2D eigenvalue weighted by molar-refractivity contribution is 6.39. The SMILES string of the molecule is Cc1ccc(Oc2ccc(NC(=O)C(=O)NCCn3cccc3)cn2)cc1. The van der Waals surface area contributed by atoms with E-state index in [9.17, 15) is 9.59 Å². The summed E-state index contributed by atoms with van der Waals surface area (Å²) in [4.78, 5) is 27.9. The molecule has 0 bridgehead atoms.